The number of nitrogens with zero attached hydrogens (tertiary/aromatic N) is 1. The maximum absolute atomic E-state index is 10.9. The lowest BCUT2D eigenvalue weighted by atomic mass is 10.1. The second-order valence-corrected chi connectivity index (χ2v) is 3.74. The molecule has 0 spiro atoms. The zero-order chi connectivity index (χ0) is 15.0. The third-order valence-electron chi connectivity index (χ3n) is 2.20. The molecule has 0 amide bonds. The van der Waals surface area contributed by atoms with Gasteiger partial charge in [-0.1, -0.05) is 0 Å². The van der Waals surface area contributed by atoms with Crippen LogP contribution in [0, 0.1) is 0 Å². The minimum atomic E-state index is -1.24. The molecular formula is C10H17N3O6. The van der Waals surface area contributed by atoms with Crippen LogP contribution in [0.15, 0.2) is 4.99 Å². The Kier molecular flexibility index (Phi) is 6.94. The van der Waals surface area contributed by atoms with Gasteiger partial charge in [-0.3, -0.25) is 14.6 Å². The van der Waals surface area contributed by atoms with E-state index in [9.17, 15) is 14.4 Å². The molecule has 0 saturated heterocycles. The van der Waals surface area contributed by atoms with Crippen LogP contribution in [0.1, 0.15) is 19.8 Å². The molecule has 0 aromatic rings. The summed E-state index contributed by atoms with van der Waals surface area (Å²) in [6, 6.07) is -2.12. The topological polar surface area (TPSA) is 148 Å². The molecule has 9 heteroatoms. The smallest absolute Gasteiger partial charge is 0.326 e. The van der Waals surface area contributed by atoms with Crippen LogP contribution in [0.25, 0.3) is 0 Å². The van der Waals surface area contributed by atoms with Gasteiger partial charge in [-0.05, 0) is 13.3 Å². The molecular weight excluding hydrogens is 258 g/mol. The number of hydrogen-bond acceptors (Lipinski definition) is 4. The first-order valence-corrected chi connectivity index (χ1v) is 5.45. The van der Waals surface area contributed by atoms with E-state index in [2.05, 4.69) is 15.6 Å². The van der Waals surface area contributed by atoms with Crippen LogP contribution in [-0.4, -0.2) is 58.3 Å². The Labute approximate surface area is 109 Å². The first-order chi connectivity index (χ1) is 8.77. The number of carbonyl (C=O) groups is 3. The van der Waals surface area contributed by atoms with Gasteiger partial charge < -0.3 is 26.0 Å². The molecule has 0 aromatic carbocycles. The van der Waals surface area contributed by atoms with Crippen LogP contribution in [0.4, 0.5) is 0 Å². The highest BCUT2D eigenvalue weighted by Crippen LogP contribution is 1.98. The summed E-state index contributed by atoms with van der Waals surface area (Å²) in [6.07, 6.45) is -0.470. The van der Waals surface area contributed by atoms with Crippen LogP contribution in [0.5, 0.6) is 0 Å². The predicted molar refractivity (Wildman–Crippen MR) is 65.0 cm³/mol. The number of rotatable bonds is 7. The fraction of sp³-hybridized carbons (Fsp3) is 0.600. The molecule has 0 aliphatic rings. The van der Waals surface area contributed by atoms with E-state index in [0.717, 1.165) is 0 Å². The average molecular weight is 275 g/mol. The zero-order valence-electron chi connectivity index (χ0n) is 10.6. The van der Waals surface area contributed by atoms with E-state index in [1.807, 2.05) is 0 Å². The van der Waals surface area contributed by atoms with Gasteiger partial charge in [0.1, 0.15) is 12.1 Å². The number of carboxylic acid groups (broad SMARTS) is 3. The normalized spacial score (nSPS) is 14.3. The van der Waals surface area contributed by atoms with Gasteiger partial charge in [0.2, 0.25) is 0 Å². The molecule has 0 bridgehead atoms. The maximum atomic E-state index is 10.9. The first-order valence-electron chi connectivity index (χ1n) is 5.45. The Morgan fingerprint density at radius 3 is 2.05 bits per heavy atom. The highest BCUT2D eigenvalue weighted by molar-refractivity contribution is 5.89. The Morgan fingerprint density at radius 1 is 1.11 bits per heavy atom. The van der Waals surface area contributed by atoms with E-state index in [-0.39, 0.29) is 18.8 Å². The second-order valence-electron chi connectivity index (χ2n) is 3.74. The van der Waals surface area contributed by atoms with Crippen LogP contribution in [0.2, 0.25) is 0 Å². The summed E-state index contributed by atoms with van der Waals surface area (Å²) in [4.78, 5) is 35.7. The highest BCUT2D eigenvalue weighted by Gasteiger charge is 2.21. The molecule has 9 nitrogen and oxygen atoms in total. The van der Waals surface area contributed by atoms with Gasteiger partial charge in [0.15, 0.2) is 5.96 Å². The number of nitrogens with one attached hydrogen (secondary N) is 2. The molecule has 2 atom stereocenters. The molecule has 0 radical (unpaired) electrons. The van der Waals surface area contributed by atoms with Gasteiger partial charge >= 0.3 is 17.9 Å². The lowest BCUT2D eigenvalue weighted by Gasteiger charge is -2.19. The van der Waals surface area contributed by atoms with E-state index in [1.54, 1.807) is 0 Å². The Hall–Kier alpha value is -2.32. The summed E-state index contributed by atoms with van der Waals surface area (Å²) in [7, 11) is 1.35. The van der Waals surface area contributed by atoms with E-state index in [1.165, 1.54) is 14.0 Å². The third kappa shape index (κ3) is 6.86. The van der Waals surface area contributed by atoms with E-state index in [0.29, 0.717) is 0 Å². The van der Waals surface area contributed by atoms with E-state index in [4.69, 9.17) is 15.3 Å². The highest BCUT2D eigenvalue weighted by atomic mass is 16.4. The summed E-state index contributed by atoms with van der Waals surface area (Å²) >= 11 is 0. The predicted octanol–water partition coefficient (Wildman–Crippen LogP) is -1.06. The Balaban J connectivity index is 4.58. The van der Waals surface area contributed by atoms with Gasteiger partial charge in [-0.15, -0.1) is 0 Å². The Morgan fingerprint density at radius 2 is 1.68 bits per heavy atom. The fourth-order valence-electron chi connectivity index (χ4n) is 1.13. The summed E-state index contributed by atoms with van der Waals surface area (Å²) in [6.45, 7) is 1.36. The van der Waals surface area contributed by atoms with E-state index >= 15 is 0 Å². The molecule has 0 aliphatic heterocycles. The minimum Gasteiger partial charge on any atom is -0.481 e. The maximum Gasteiger partial charge on any atom is 0.326 e. The molecule has 5 N–H and O–H groups in total. The van der Waals surface area contributed by atoms with Gasteiger partial charge in [0, 0.05) is 13.5 Å². The fourth-order valence-corrected chi connectivity index (χ4v) is 1.13. The molecule has 108 valence electrons. The zero-order valence-corrected chi connectivity index (χ0v) is 10.6. The molecule has 0 heterocycles. The second kappa shape index (κ2) is 7.90. The number of aliphatic imine (C=N–C) groups is 1. The lowest BCUT2D eigenvalue weighted by molar-refractivity contribution is -0.140. The lowest BCUT2D eigenvalue weighted by Crippen LogP contribution is -2.51. The average Bonchev–Trinajstić information content (AvgIpc) is 2.31. The van der Waals surface area contributed by atoms with Gasteiger partial charge in [0.25, 0.3) is 0 Å². The molecule has 0 rings (SSSR count). The molecule has 0 fully saturated rings. The largest absolute Gasteiger partial charge is 0.481 e. The molecule has 0 aromatic heterocycles. The summed E-state index contributed by atoms with van der Waals surface area (Å²) < 4.78 is 0. The molecule has 1 unspecified atom stereocenters. The van der Waals surface area contributed by atoms with Crippen molar-refractivity contribution >= 4 is 23.9 Å². The SMILES string of the molecule is CN=C(NC(CCC(=O)O)C(=O)O)N[C@@H](C)C(=O)O. The number of carboxylic acids is 3. The first kappa shape index (κ1) is 16.7. The van der Waals surface area contributed by atoms with Gasteiger partial charge in [0.05, 0.1) is 0 Å². The van der Waals surface area contributed by atoms with E-state index < -0.39 is 30.0 Å². The van der Waals surface area contributed by atoms with Crippen molar-refractivity contribution in [3.63, 3.8) is 0 Å². The summed E-state index contributed by atoms with van der Waals surface area (Å²) in [5.74, 6) is -3.50. The van der Waals surface area contributed by atoms with Crippen LogP contribution >= 0.6 is 0 Å². The number of guanidine groups is 1. The monoisotopic (exact) mass is 275 g/mol. The van der Waals surface area contributed by atoms with Crippen molar-refractivity contribution in [1.82, 2.24) is 10.6 Å². The number of hydrogen-bond donors (Lipinski definition) is 5. The van der Waals surface area contributed by atoms with Gasteiger partial charge in [-0.2, -0.15) is 0 Å². The van der Waals surface area contributed by atoms with Crippen molar-refractivity contribution in [2.45, 2.75) is 31.8 Å². The minimum absolute atomic E-state index is 0.0207. The number of aliphatic carboxylic acids is 3. The van der Waals surface area contributed by atoms with Crippen molar-refractivity contribution < 1.29 is 29.7 Å². The van der Waals surface area contributed by atoms with Crippen LogP contribution in [-0.2, 0) is 14.4 Å². The molecule has 19 heavy (non-hydrogen) atoms. The van der Waals surface area contributed by atoms with Crippen LogP contribution in [0.3, 0.4) is 0 Å². The van der Waals surface area contributed by atoms with Crippen molar-refractivity contribution in [1.29, 1.82) is 0 Å². The quantitative estimate of drug-likeness (QED) is 0.292. The standard InChI is InChI=1S/C10H17N3O6/c1-5(8(16)17)12-10(11-2)13-6(9(18)19)3-4-7(14)15/h5-6H,3-4H2,1-2H3,(H,14,15)(H,16,17)(H,18,19)(H2,11,12,13)/t5-,6?/m0/s1. The van der Waals surface area contributed by atoms with Crippen molar-refractivity contribution in [3.05, 3.63) is 0 Å². The van der Waals surface area contributed by atoms with Crippen LogP contribution < -0.4 is 10.6 Å². The molecule has 0 saturated carbocycles. The summed E-state index contributed by atoms with van der Waals surface area (Å²) in [5.41, 5.74) is 0. The third-order valence-corrected chi connectivity index (χ3v) is 2.20. The van der Waals surface area contributed by atoms with Gasteiger partial charge in [-0.25, -0.2) is 4.79 Å². The molecule has 0 aliphatic carbocycles. The Bertz CT molecular complexity index is 381. The van der Waals surface area contributed by atoms with Crippen molar-refractivity contribution in [3.8, 4) is 0 Å². The van der Waals surface area contributed by atoms with Crippen molar-refractivity contribution in [2.75, 3.05) is 7.05 Å². The summed E-state index contributed by atoms with van der Waals surface area (Å²) in [5, 5.41) is 31.1. The van der Waals surface area contributed by atoms with Crippen molar-refractivity contribution in [2.24, 2.45) is 4.99 Å².